The molecule has 114 valence electrons. The Morgan fingerprint density at radius 2 is 1.95 bits per heavy atom. The molecule has 2 aromatic rings. The normalized spacial score (nSPS) is 12.9. The van der Waals surface area contributed by atoms with Gasteiger partial charge in [0, 0.05) is 19.0 Å². The van der Waals surface area contributed by atoms with E-state index in [-0.39, 0.29) is 6.04 Å². The summed E-state index contributed by atoms with van der Waals surface area (Å²) in [6, 6.07) is 3.65. The Labute approximate surface area is 123 Å². The Hall–Kier alpha value is -1.82. The molecule has 2 N–H and O–H groups in total. The number of nitrogens with zero attached hydrogens (tertiary/aromatic N) is 3. The average Bonchev–Trinajstić information content (AvgIpc) is 2.80. The maximum Gasteiger partial charge on any atom is 0.159 e. The average molecular weight is 294 g/mol. The summed E-state index contributed by atoms with van der Waals surface area (Å²) in [6.45, 7) is 4.99. The number of nitrogens with two attached hydrogens (primary N) is 1. The third-order valence-corrected chi connectivity index (χ3v) is 3.16. The van der Waals surface area contributed by atoms with Crippen LogP contribution in [0.15, 0.2) is 24.5 Å². The van der Waals surface area contributed by atoms with Gasteiger partial charge in [-0.1, -0.05) is 19.9 Å². The second kappa shape index (κ2) is 6.76. The van der Waals surface area contributed by atoms with Gasteiger partial charge >= 0.3 is 0 Å². The monoisotopic (exact) mass is 294 g/mol. The predicted octanol–water partition coefficient (Wildman–Crippen LogP) is 2.32. The van der Waals surface area contributed by atoms with Crippen molar-refractivity contribution in [2.75, 3.05) is 0 Å². The zero-order valence-electron chi connectivity index (χ0n) is 12.3. The van der Waals surface area contributed by atoms with Gasteiger partial charge in [0.15, 0.2) is 11.6 Å². The van der Waals surface area contributed by atoms with Gasteiger partial charge in [-0.3, -0.25) is 0 Å². The standard InChI is InChI=1S/C15H20F2N4/c1-10(2)8-21-15(19-9-20-21)7-12(18)5-11-3-4-13(16)14(17)6-11/h3-4,6,9-10,12H,5,7-8,18H2,1-2H3. The number of aromatic nitrogens is 3. The van der Waals surface area contributed by atoms with Gasteiger partial charge in [0.25, 0.3) is 0 Å². The van der Waals surface area contributed by atoms with Crippen molar-refractivity contribution in [1.29, 1.82) is 0 Å². The highest BCUT2D eigenvalue weighted by Gasteiger charge is 2.13. The van der Waals surface area contributed by atoms with Crippen molar-refractivity contribution in [3.63, 3.8) is 0 Å². The largest absolute Gasteiger partial charge is 0.327 e. The maximum atomic E-state index is 13.2. The number of halogens is 2. The van der Waals surface area contributed by atoms with Crippen LogP contribution in [0.4, 0.5) is 8.78 Å². The SMILES string of the molecule is CC(C)Cn1ncnc1CC(N)Cc1ccc(F)c(F)c1. The summed E-state index contributed by atoms with van der Waals surface area (Å²) >= 11 is 0. The van der Waals surface area contributed by atoms with Gasteiger partial charge in [0.1, 0.15) is 12.2 Å². The van der Waals surface area contributed by atoms with Crippen LogP contribution >= 0.6 is 0 Å². The molecule has 6 heteroatoms. The van der Waals surface area contributed by atoms with Gasteiger partial charge in [0.05, 0.1) is 0 Å². The van der Waals surface area contributed by atoms with Gasteiger partial charge in [-0.2, -0.15) is 5.10 Å². The molecule has 0 spiro atoms. The van der Waals surface area contributed by atoms with E-state index in [0.717, 1.165) is 18.4 Å². The molecule has 0 bridgehead atoms. The highest BCUT2D eigenvalue weighted by molar-refractivity contribution is 5.19. The first-order valence-electron chi connectivity index (χ1n) is 7.02. The van der Waals surface area contributed by atoms with Crippen LogP contribution in [0.5, 0.6) is 0 Å². The first kappa shape index (κ1) is 15.6. The Bertz CT molecular complexity index is 595. The number of benzene rings is 1. The van der Waals surface area contributed by atoms with E-state index in [1.807, 2.05) is 4.68 Å². The molecule has 1 aromatic carbocycles. The van der Waals surface area contributed by atoms with Crippen molar-refractivity contribution in [3.8, 4) is 0 Å². The fraction of sp³-hybridized carbons (Fsp3) is 0.467. The maximum absolute atomic E-state index is 13.2. The smallest absolute Gasteiger partial charge is 0.159 e. The Morgan fingerprint density at radius 3 is 2.62 bits per heavy atom. The molecular weight excluding hydrogens is 274 g/mol. The Balaban J connectivity index is 1.99. The molecule has 4 nitrogen and oxygen atoms in total. The lowest BCUT2D eigenvalue weighted by molar-refractivity contribution is 0.457. The molecule has 2 rings (SSSR count). The molecule has 0 radical (unpaired) electrons. The Morgan fingerprint density at radius 1 is 1.19 bits per heavy atom. The number of hydrogen-bond donors (Lipinski definition) is 1. The topological polar surface area (TPSA) is 56.7 Å². The lowest BCUT2D eigenvalue weighted by Crippen LogP contribution is -2.27. The molecule has 1 heterocycles. The minimum atomic E-state index is -0.845. The zero-order chi connectivity index (χ0) is 15.4. The van der Waals surface area contributed by atoms with Crippen molar-refractivity contribution in [1.82, 2.24) is 14.8 Å². The van der Waals surface area contributed by atoms with Crippen LogP contribution < -0.4 is 5.73 Å². The van der Waals surface area contributed by atoms with E-state index in [4.69, 9.17) is 5.73 Å². The first-order chi connectivity index (χ1) is 9.95. The fourth-order valence-electron chi connectivity index (χ4n) is 2.22. The molecule has 0 aliphatic rings. The summed E-state index contributed by atoms with van der Waals surface area (Å²) in [6.07, 6.45) is 2.53. The van der Waals surface area contributed by atoms with Gasteiger partial charge in [-0.05, 0) is 30.0 Å². The van der Waals surface area contributed by atoms with E-state index in [1.165, 1.54) is 12.4 Å². The van der Waals surface area contributed by atoms with Gasteiger partial charge < -0.3 is 5.73 Å². The van der Waals surface area contributed by atoms with Crippen molar-refractivity contribution in [2.45, 2.75) is 39.3 Å². The van der Waals surface area contributed by atoms with Crippen molar-refractivity contribution >= 4 is 0 Å². The number of rotatable bonds is 6. The molecule has 1 unspecified atom stereocenters. The zero-order valence-corrected chi connectivity index (χ0v) is 12.3. The summed E-state index contributed by atoms with van der Waals surface area (Å²) in [5.74, 6) is -0.404. The second-order valence-electron chi connectivity index (χ2n) is 5.67. The molecule has 1 aromatic heterocycles. The second-order valence-corrected chi connectivity index (χ2v) is 5.67. The van der Waals surface area contributed by atoms with Gasteiger partial charge in [-0.15, -0.1) is 0 Å². The van der Waals surface area contributed by atoms with Gasteiger partial charge in [0.2, 0.25) is 0 Å². The molecule has 1 atom stereocenters. The van der Waals surface area contributed by atoms with E-state index >= 15 is 0 Å². The summed E-state index contributed by atoms with van der Waals surface area (Å²) in [5, 5.41) is 4.18. The van der Waals surface area contributed by atoms with Crippen LogP contribution in [-0.2, 0) is 19.4 Å². The van der Waals surface area contributed by atoms with Crippen molar-refractivity contribution in [3.05, 3.63) is 47.5 Å². The van der Waals surface area contributed by atoms with E-state index in [9.17, 15) is 8.78 Å². The molecule has 0 aliphatic carbocycles. The Kier molecular flexibility index (Phi) is 5.01. The molecule has 0 aliphatic heterocycles. The minimum absolute atomic E-state index is 0.218. The van der Waals surface area contributed by atoms with Crippen LogP contribution in [0.2, 0.25) is 0 Å². The molecule has 21 heavy (non-hydrogen) atoms. The van der Waals surface area contributed by atoms with Crippen LogP contribution in [0.3, 0.4) is 0 Å². The summed E-state index contributed by atoms with van der Waals surface area (Å²) < 4.78 is 27.9. The molecule has 0 fully saturated rings. The lowest BCUT2D eigenvalue weighted by atomic mass is 10.0. The lowest BCUT2D eigenvalue weighted by Gasteiger charge is -2.13. The van der Waals surface area contributed by atoms with E-state index < -0.39 is 11.6 Å². The van der Waals surface area contributed by atoms with Crippen molar-refractivity contribution in [2.24, 2.45) is 11.7 Å². The van der Waals surface area contributed by atoms with Crippen LogP contribution in [-0.4, -0.2) is 20.8 Å². The summed E-state index contributed by atoms with van der Waals surface area (Å²) in [7, 11) is 0. The van der Waals surface area contributed by atoms with Crippen molar-refractivity contribution < 1.29 is 8.78 Å². The van der Waals surface area contributed by atoms with E-state index in [0.29, 0.717) is 24.3 Å². The highest BCUT2D eigenvalue weighted by atomic mass is 19.2. The molecular formula is C15H20F2N4. The molecule has 0 amide bonds. The minimum Gasteiger partial charge on any atom is -0.327 e. The van der Waals surface area contributed by atoms with E-state index in [2.05, 4.69) is 23.9 Å². The third-order valence-electron chi connectivity index (χ3n) is 3.16. The highest BCUT2D eigenvalue weighted by Crippen LogP contribution is 2.12. The number of hydrogen-bond acceptors (Lipinski definition) is 3. The third kappa shape index (κ3) is 4.32. The quantitative estimate of drug-likeness (QED) is 0.889. The van der Waals surface area contributed by atoms with E-state index in [1.54, 1.807) is 6.07 Å². The molecule has 0 saturated heterocycles. The summed E-state index contributed by atoms with van der Waals surface area (Å²) in [4.78, 5) is 4.22. The first-order valence-corrected chi connectivity index (χ1v) is 7.02. The van der Waals surface area contributed by atoms with Gasteiger partial charge in [-0.25, -0.2) is 18.4 Å². The van der Waals surface area contributed by atoms with Crippen LogP contribution in [0.1, 0.15) is 25.2 Å². The predicted molar refractivity (Wildman–Crippen MR) is 76.6 cm³/mol. The van der Waals surface area contributed by atoms with Crippen LogP contribution in [0, 0.1) is 17.6 Å². The molecule has 0 saturated carbocycles. The fourth-order valence-corrected chi connectivity index (χ4v) is 2.22. The van der Waals surface area contributed by atoms with Crippen LogP contribution in [0.25, 0.3) is 0 Å². The summed E-state index contributed by atoms with van der Waals surface area (Å²) in [5.41, 5.74) is 6.76.